The van der Waals surface area contributed by atoms with E-state index in [2.05, 4.69) is 21.2 Å². The summed E-state index contributed by atoms with van der Waals surface area (Å²) in [5.74, 6) is -4.56. The summed E-state index contributed by atoms with van der Waals surface area (Å²) in [5, 5.41) is 2.63. The van der Waals surface area contributed by atoms with Crippen LogP contribution in [-0.4, -0.2) is 0 Å². The lowest BCUT2D eigenvalue weighted by Gasteiger charge is -2.08. The Morgan fingerprint density at radius 2 is 1.53 bits per heavy atom. The van der Waals surface area contributed by atoms with Crippen molar-refractivity contribution in [3.63, 3.8) is 0 Å². The molecule has 0 saturated carbocycles. The Balaban J connectivity index is 2.17. The summed E-state index contributed by atoms with van der Waals surface area (Å²) in [6.07, 6.45) is 0. The van der Waals surface area contributed by atoms with Crippen molar-refractivity contribution >= 4 is 21.6 Å². The molecular formula is C13H8BrF4N. The maximum Gasteiger partial charge on any atom is 0.194 e. The molecule has 0 fully saturated rings. The molecule has 100 valence electrons. The first-order valence-corrected chi connectivity index (χ1v) is 6.09. The monoisotopic (exact) mass is 333 g/mol. The second-order valence-electron chi connectivity index (χ2n) is 3.84. The molecule has 0 radical (unpaired) electrons. The Kier molecular flexibility index (Phi) is 4.09. The molecule has 0 aliphatic carbocycles. The van der Waals surface area contributed by atoms with E-state index < -0.39 is 23.3 Å². The van der Waals surface area contributed by atoms with Crippen molar-refractivity contribution in [1.29, 1.82) is 0 Å². The molecule has 0 unspecified atom stereocenters. The van der Waals surface area contributed by atoms with Gasteiger partial charge in [0.2, 0.25) is 0 Å². The topological polar surface area (TPSA) is 12.0 Å². The van der Waals surface area contributed by atoms with E-state index in [1.165, 1.54) is 12.1 Å². The van der Waals surface area contributed by atoms with Gasteiger partial charge in [-0.05, 0) is 18.2 Å². The SMILES string of the molecule is Fc1ccc(Br)cc1CNc1cc(F)c(F)c(F)c1. The highest BCUT2D eigenvalue weighted by Gasteiger charge is 2.10. The smallest absolute Gasteiger partial charge is 0.194 e. The minimum Gasteiger partial charge on any atom is -0.381 e. The van der Waals surface area contributed by atoms with Crippen LogP contribution in [0.25, 0.3) is 0 Å². The molecule has 1 nitrogen and oxygen atoms in total. The summed E-state index contributed by atoms with van der Waals surface area (Å²) in [7, 11) is 0. The Morgan fingerprint density at radius 1 is 0.895 bits per heavy atom. The molecule has 2 rings (SSSR count). The molecule has 1 N–H and O–H groups in total. The van der Waals surface area contributed by atoms with Crippen LogP contribution in [0.5, 0.6) is 0 Å². The number of halogens is 5. The van der Waals surface area contributed by atoms with Crippen molar-refractivity contribution in [2.24, 2.45) is 0 Å². The van der Waals surface area contributed by atoms with E-state index in [-0.39, 0.29) is 12.2 Å². The summed E-state index contributed by atoms with van der Waals surface area (Å²) < 4.78 is 52.8. The van der Waals surface area contributed by atoms with Crippen molar-refractivity contribution in [3.05, 3.63) is 63.6 Å². The van der Waals surface area contributed by atoms with Gasteiger partial charge < -0.3 is 5.32 Å². The van der Waals surface area contributed by atoms with Crippen LogP contribution < -0.4 is 5.32 Å². The molecule has 0 atom stereocenters. The number of benzene rings is 2. The van der Waals surface area contributed by atoms with E-state index in [4.69, 9.17) is 0 Å². The predicted molar refractivity (Wildman–Crippen MR) is 67.7 cm³/mol. The molecular weight excluding hydrogens is 326 g/mol. The zero-order valence-electron chi connectivity index (χ0n) is 9.48. The van der Waals surface area contributed by atoms with Gasteiger partial charge in [0.15, 0.2) is 17.5 Å². The van der Waals surface area contributed by atoms with Crippen LogP contribution in [0.1, 0.15) is 5.56 Å². The van der Waals surface area contributed by atoms with Crippen molar-refractivity contribution in [3.8, 4) is 0 Å². The second-order valence-corrected chi connectivity index (χ2v) is 4.76. The highest BCUT2D eigenvalue weighted by Crippen LogP contribution is 2.20. The van der Waals surface area contributed by atoms with Gasteiger partial charge in [0.05, 0.1) is 0 Å². The van der Waals surface area contributed by atoms with Crippen LogP contribution in [-0.2, 0) is 6.54 Å². The molecule has 0 heterocycles. The first-order chi connectivity index (χ1) is 8.97. The van der Waals surface area contributed by atoms with Crippen molar-refractivity contribution in [1.82, 2.24) is 0 Å². The van der Waals surface area contributed by atoms with Gasteiger partial charge in [-0.25, -0.2) is 17.6 Å². The van der Waals surface area contributed by atoms with Crippen LogP contribution >= 0.6 is 15.9 Å². The second kappa shape index (κ2) is 5.61. The molecule has 19 heavy (non-hydrogen) atoms. The van der Waals surface area contributed by atoms with Gasteiger partial charge in [-0.3, -0.25) is 0 Å². The average molecular weight is 334 g/mol. The number of hydrogen-bond donors (Lipinski definition) is 1. The average Bonchev–Trinajstić information content (AvgIpc) is 2.37. The van der Waals surface area contributed by atoms with E-state index in [0.717, 1.165) is 12.1 Å². The Morgan fingerprint density at radius 3 is 2.16 bits per heavy atom. The van der Waals surface area contributed by atoms with Gasteiger partial charge in [-0.15, -0.1) is 0 Å². The largest absolute Gasteiger partial charge is 0.381 e. The lowest BCUT2D eigenvalue weighted by atomic mass is 10.2. The fourth-order valence-corrected chi connectivity index (χ4v) is 1.94. The zero-order valence-corrected chi connectivity index (χ0v) is 11.1. The van der Waals surface area contributed by atoms with E-state index in [0.29, 0.717) is 10.0 Å². The van der Waals surface area contributed by atoms with Gasteiger partial charge in [0.25, 0.3) is 0 Å². The highest BCUT2D eigenvalue weighted by atomic mass is 79.9. The van der Waals surface area contributed by atoms with Gasteiger partial charge in [0, 0.05) is 34.4 Å². The molecule has 0 bridgehead atoms. The maximum absolute atomic E-state index is 13.4. The lowest BCUT2D eigenvalue weighted by Crippen LogP contribution is -2.03. The predicted octanol–water partition coefficient (Wildman–Crippen LogP) is 4.62. The first-order valence-electron chi connectivity index (χ1n) is 5.29. The summed E-state index contributed by atoms with van der Waals surface area (Å²) >= 11 is 3.19. The summed E-state index contributed by atoms with van der Waals surface area (Å²) in [6, 6.07) is 5.98. The quantitative estimate of drug-likeness (QED) is 0.638. The minimum atomic E-state index is -1.53. The molecule has 2 aromatic rings. The molecule has 0 aliphatic rings. The molecule has 0 saturated heterocycles. The Hall–Kier alpha value is -1.56. The van der Waals surface area contributed by atoms with E-state index in [9.17, 15) is 17.6 Å². The van der Waals surface area contributed by atoms with Crippen LogP contribution in [0.4, 0.5) is 23.2 Å². The van der Waals surface area contributed by atoms with E-state index in [1.54, 1.807) is 6.07 Å². The zero-order chi connectivity index (χ0) is 14.0. The molecule has 6 heteroatoms. The van der Waals surface area contributed by atoms with Crippen LogP contribution in [0.15, 0.2) is 34.8 Å². The fraction of sp³-hybridized carbons (Fsp3) is 0.0769. The van der Waals surface area contributed by atoms with Crippen LogP contribution in [0.2, 0.25) is 0 Å². The lowest BCUT2D eigenvalue weighted by molar-refractivity contribution is 0.447. The van der Waals surface area contributed by atoms with Gasteiger partial charge >= 0.3 is 0 Å². The third-order valence-corrected chi connectivity index (χ3v) is 2.97. The minimum absolute atomic E-state index is 0.0236. The van der Waals surface area contributed by atoms with Crippen molar-refractivity contribution in [2.75, 3.05) is 5.32 Å². The van der Waals surface area contributed by atoms with Crippen LogP contribution in [0, 0.1) is 23.3 Å². The van der Waals surface area contributed by atoms with Crippen molar-refractivity contribution in [2.45, 2.75) is 6.54 Å². The standard InChI is InChI=1S/C13H8BrF4N/c14-8-1-2-10(15)7(3-8)6-19-9-4-11(16)13(18)12(17)5-9/h1-5,19H,6H2. The van der Waals surface area contributed by atoms with E-state index >= 15 is 0 Å². The van der Waals surface area contributed by atoms with Gasteiger partial charge in [-0.1, -0.05) is 15.9 Å². The first kappa shape index (κ1) is 13.9. The Labute approximate surface area is 115 Å². The van der Waals surface area contributed by atoms with Gasteiger partial charge in [-0.2, -0.15) is 0 Å². The normalized spacial score (nSPS) is 10.6. The molecule has 0 aromatic heterocycles. The summed E-state index contributed by atoms with van der Waals surface area (Å²) in [4.78, 5) is 0. The van der Waals surface area contributed by atoms with Crippen molar-refractivity contribution < 1.29 is 17.6 Å². The summed E-state index contributed by atoms with van der Waals surface area (Å²) in [6.45, 7) is 0.0236. The van der Waals surface area contributed by atoms with Crippen LogP contribution in [0.3, 0.4) is 0 Å². The number of hydrogen-bond acceptors (Lipinski definition) is 1. The fourth-order valence-electron chi connectivity index (χ4n) is 1.53. The number of nitrogens with one attached hydrogen (secondary N) is 1. The third kappa shape index (κ3) is 3.26. The number of anilines is 1. The summed E-state index contributed by atoms with van der Waals surface area (Å²) in [5.41, 5.74) is 0.357. The maximum atomic E-state index is 13.4. The molecule has 0 spiro atoms. The van der Waals surface area contributed by atoms with Gasteiger partial charge in [0.1, 0.15) is 5.82 Å². The van der Waals surface area contributed by atoms with E-state index in [1.807, 2.05) is 0 Å². The number of rotatable bonds is 3. The third-order valence-electron chi connectivity index (χ3n) is 2.47. The highest BCUT2D eigenvalue weighted by molar-refractivity contribution is 9.10. The Bertz CT molecular complexity index is 593. The molecule has 2 aromatic carbocycles. The molecule has 0 aliphatic heterocycles. The molecule has 0 amide bonds.